The molecule has 0 aliphatic heterocycles. The Hall–Kier alpha value is -1.85. The SMILES string of the molecule is Cc1ccccc1NC(=S)N(CCN(C)C)[C@H](C)c1ccco1. The zero-order chi connectivity index (χ0) is 16.8. The van der Waals surface area contributed by atoms with Crippen LogP contribution in [0.3, 0.4) is 0 Å². The first kappa shape index (κ1) is 17.5. The number of furan rings is 1. The summed E-state index contributed by atoms with van der Waals surface area (Å²) in [6.45, 7) is 5.93. The van der Waals surface area contributed by atoms with Gasteiger partial charge in [-0.05, 0) is 63.9 Å². The summed E-state index contributed by atoms with van der Waals surface area (Å²) in [6, 6.07) is 12.1. The number of nitrogens with zero attached hydrogens (tertiary/aromatic N) is 2. The van der Waals surface area contributed by atoms with E-state index in [0.29, 0.717) is 5.11 Å². The first-order valence-electron chi connectivity index (χ1n) is 7.80. The van der Waals surface area contributed by atoms with Crippen molar-refractivity contribution in [3.8, 4) is 0 Å². The predicted molar refractivity (Wildman–Crippen MR) is 99.8 cm³/mol. The molecule has 2 aromatic rings. The van der Waals surface area contributed by atoms with Crippen molar-refractivity contribution in [3.63, 3.8) is 0 Å². The molecule has 5 heteroatoms. The van der Waals surface area contributed by atoms with Gasteiger partial charge in [-0.3, -0.25) is 0 Å². The Labute approximate surface area is 144 Å². The third kappa shape index (κ3) is 4.81. The second-order valence-electron chi connectivity index (χ2n) is 5.93. The van der Waals surface area contributed by atoms with Crippen molar-refractivity contribution in [2.75, 3.05) is 32.5 Å². The number of benzene rings is 1. The summed E-state index contributed by atoms with van der Waals surface area (Å²) in [4.78, 5) is 4.32. The van der Waals surface area contributed by atoms with Gasteiger partial charge in [-0.25, -0.2) is 0 Å². The maximum Gasteiger partial charge on any atom is 0.174 e. The number of aryl methyl sites for hydroxylation is 1. The van der Waals surface area contributed by atoms with E-state index in [1.54, 1.807) is 6.26 Å². The summed E-state index contributed by atoms with van der Waals surface area (Å²) in [5.74, 6) is 0.915. The minimum absolute atomic E-state index is 0.0777. The third-order valence-electron chi connectivity index (χ3n) is 3.86. The first-order chi connectivity index (χ1) is 11.0. The standard InChI is InChI=1S/C18H25N3OS/c1-14-8-5-6-9-16(14)19-18(23)21(12-11-20(3)4)15(2)17-10-7-13-22-17/h5-10,13,15H,11-12H2,1-4H3,(H,19,23)/t15-/m1/s1. The fourth-order valence-corrected chi connectivity index (χ4v) is 2.72. The molecule has 2 rings (SSSR count). The van der Waals surface area contributed by atoms with Crippen molar-refractivity contribution in [1.29, 1.82) is 0 Å². The molecule has 23 heavy (non-hydrogen) atoms. The molecule has 0 amide bonds. The highest BCUT2D eigenvalue weighted by molar-refractivity contribution is 7.80. The molecule has 0 saturated carbocycles. The molecule has 4 nitrogen and oxygen atoms in total. The summed E-state index contributed by atoms with van der Waals surface area (Å²) < 4.78 is 5.56. The second kappa shape index (κ2) is 8.13. The third-order valence-corrected chi connectivity index (χ3v) is 4.19. The maximum atomic E-state index is 5.67. The lowest BCUT2D eigenvalue weighted by atomic mass is 10.2. The van der Waals surface area contributed by atoms with Gasteiger partial charge in [0.15, 0.2) is 5.11 Å². The van der Waals surface area contributed by atoms with Crippen LogP contribution in [0.25, 0.3) is 0 Å². The Morgan fingerprint density at radius 1 is 1.17 bits per heavy atom. The number of thiocarbonyl (C=S) groups is 1. The van der Waals surface area contributed by atoms with E-state index in [4.69, 9.17) is 16.6 Å². The molecule has 124 valence electrons. The van der Waals surface area contributed by atoms with Crippen LogP contribution in [0.4, 0.5) is 5.69 Å². The molecule has 1 aromatic carbocycles. The molecular formula is C18H25N3OS. The average Bonchev–Trinajstić information content (AvgIpc) is 3.03. The van der Waals surface area contributed by atoms with Crippen LogP contribution in [-0.4, -0.2) is 42.1 Å². The number of para-hydroxylation sites is 1. The highest BCUT2D eigenvalue weighted by Gasteiger charge is 2.21. The Kier molecular flexibility index (Phi) is 6.19. The smallest absolute Gasteiger partial charge is 0.174 e. The molecule has 1 N–H and O–H groups in total. The van der Waals surface area contributed by atoms with Gasteiger partial charge in [0.05, 0.1) is 12.3 Å². The largest absolute Gasteiger partial charge is 0.467 e. The summed E-state index contributed by atoms with van der Waals surface area (Å²) in [6.07, 6.45) is 1.70. The fourth-order valence-electron chi connectivity index (χ4n) is 2.36. The lowest BCUT2D eigenvalue weighted by Crippen LogP contribution is -2.40. The first-order valence-corrected chi connectivity index (χ1v) is 8.21. The van der Waals surface area contributed by atoms with Crippen molar-refractivity contribution < 1.29 is 4.42 Å². The summed E-state index contributed by atoms with van der Waals surface area (Å²) in [7, 11) is 4.13. The average molecular weight is 331 g/mol. The van der Waals surface area contributed by atoms with Gasteiger partial charge in [0.2, 0.25) is 0 Å². The van der Waals surface area contributed by atoms with Crippen molar-refractivity contribution in [3.05, 3.63) is 54.0 Å². The topological polar surface area (TPSA) is 31.6 Å². The van der Waals surface area contributed by atoms with Gasteiger partial charge in [0.1, 0.15) is 5.76 Å². The van der Waals surface area contributed by atoms with E-state index in [-0.39, 0.29) is 6.04 Å². The number of anilines is 1. The zero-order valence-electron chi connectivity index (χ0n) is 14.2. The summed E-state index contributed by atoms with van der Waals surface area (Å²) in [5.41, 5.74) is 2.21. The monoisotopic (exact) mass is 331 g/mol. The number of likely N-dealkylation sites (N-methyl/N-ethyl adjacent to an activating group) is 1. The Bertz CT molecular complexity index is 625. The van der Waals surface area contributed by atoms with Gasteiger partial charge >= 0.3 is 0 Å². The highest BCUT2D eigenvalue weighted by atomic mass is 32.1. The predicted octanol–water partition coefficient (Wildman–Crippen LogP) is 3.91. The van der Waals surface area contributed by atoms with E-state index in [2.05, 4.69) is 49.1 Å². The van der Waals surface area contributed by atoms with E-state index in [1.807, 2.05) is 30.3 Å². The van der Waals surface area contributed by atoms with E-state index in [9.17, 15) is 0 Å². The van der Waals surface area contributed by atoms with E-state index >= 15 is 0 Å². The van der Waals surface area contributed by atoms with Gasteiger partial charge in [-0.1, -0.05) is 18.2 Å². The van der Waals surface area contributed by atoms with E-state index in [0.717, 1.165) is 24.5 Å². The van der Waals surface area contributed by atoms with Gasteiger partial charge in [0, 0.05) is 18.8 Å². The molecule has 0 saturated heterocycles. The molecule has 0 aliphatic carbocycles. The molecule has 0 unspecified atom stereocenters. The lowest BCUT2D eigenvalue weighted by Gasteiger charge is -2.32. The van der Waals surface area contributed by atoms with E-state index in [1.165, 1.54) is 5.56 Å². The molecule has 1 atom stereocenters. The van der Waals surface area contributed by atoms with Crippen molar-refractivity contribution >= 4 is 23.0 Å². The minimum Gasteiger partial charge on any atom is -0.467 e. The van der Waals surface area contributed by atoms with Gasteiger partial charge in [0.25, 0.3) is 0 Å². The quantitative estimate of drug-likeness (QED) is 0.811. The Morgan fingerprint density at radius 2 is 1.91 bits per heavy atom. The van der Waals surface area contributed by atoms with Crippen molar-refractivity contribution in [2.45, 2.75) is 19.9 Å². The number of nitrogens with one attached hydrogen (secondary N) is 1. The van der Waals surface area contributed by atoms with Crippen LogP contribution in [0.5, 0.6) is 0 Å². The summed E-state index contributed by atoms with van der Waals surface area (Å²) >= 11 is 5.67. The van der Waals surface area contributed by atoms with Crippen LogP contribution >= 0.6 is 12.2 Å². The van der Waals surface area contributed by atoms with Crippen LogP contribution in [0, 0.1) is 6.92 Å². The Morgan fingerprint density at radius 3 is 2.52 bits per heavy atom. The molecule has 0 aliphatic rings. The van der Waals surface area contributed by atoms with Crippen LogP contribution in [0.2, 0.25) is 0 Å². The number of rotatable bonds is 6. The van der Waals surface area contributed by atoms with Crippen LogP contribution in [0.1, 0.15) is 24.3 Å². The number of hydrogen-bond acceptors (Lipinski definition) is 3. The molecular weight excluding hydrogens is 306 g/mol. The molecule has 1 aromatic heterocycles. The molecule has 0 radical (unpaired) electrons. The van der Waals surface area contributed by atoms with Crippen molar-refractivity contribution in [1.82, 2.24) is 9.80 Å². The number of hydrogen-bond donors (Lipinski definition) is 1. The van der Waals surface area contributed by atoms with Crippen LogP contribution < -0.4 is 5.32 Å². The second-order valence-corrected chi connectivity index (χ2v) is 6.32. The molecule has 0 bridgehead atoms. The fraction of sp³-hybridized carbons (Fsp3) is 0.389. The van der Waals surface area contributed by atoms with Gasteiger partial charge in [-0.15, -0.1) is 0 Å². The molecule has 0 spiro atoms. The molecule has 1 heterocycles. The van der Waals surface area contributed by atoms with E-state index < -0.39 is 0 Å². The summed E-state index contributed by atoms with van der Waals surface area (Å²) in [5, 5.41) is 4.09. The van der Waals surface area contributed by atoms with Gasteiger partial charge in [-0.2, -0.15) is 0 Å². The van der Waals surface area contributed by atoms with Crippen LogP contribution in [-0.2, 0) is 0 Å². The zero-order valence-corrected chi connectivity index (χ0v) is 15.1. The normalized spacial score (nSPS) is 12.2. The highest BCUT2D eigenvalue weighted by Crippen LogP contribution is 2.22. The molecule has 0 fully saturated rings. The maximum absolute atomic E-state index is 5.67. The van der Waals surface area contributed by atoms with Crippen molar-refractivity contribution in [2.24, 2.45) is 0 Å². The Balaban J connectivity index is 2.15. The van der Waals surface area contributed by atoms with Crippen LogP contribution in [0.15, 0.2) is 47.1 Å². The lowest BCUT2D eigenvalue weighted by molar-refractivity contribution is 0.263. The minimum atomic E-state index is 0.0777. The van der Waals surface area contributed by atoms with Gasteiger partial charge < -0.3 is 19.5 Å².